The first-order valence-electron chi connectivity index (χ1n) is 4.54. The van der Waals surface area contributed by atoms with Gasteiger partial charge in [0.25, 0.3) is 0 Å². The van der Waals surface area contributed by atoms with Crippen LogP contribution < -0.4 is 0 Å². The zero-order chi connectivity index (χ0) is 9.97. The lowest BCUT2D eigenvalue weighted by Crippen LogP contribution is -2.13. The zero-order valence-corrected chi connectivity index (χ0v) is 7.66. The van der Waals surface area contributed by atoms with E-state index in [1.54, 1.807) is 0 Å². The van der Waals surface area contributed by atoms with Gasteiger partial charge in [-0.05, 0) is 18.4 Å². The number of rotatable bonds is 0. The van der Waals surface area contributed by atoms with Gasteiger partial charge in [0.2, 0.25) is 0 Å². The lowest BCUT2D eigenvalue weighted by atomic mass is 9.87. The molecule has 2 nitrogen and oxygen atoms in total. The number of Topliss-reactive ketones (excluding diaryl/α,β-unsaturated/α-hetero) is 1. The zero-order valence-electron chi connectivity index (χ0n) is 7.66. The van der Waals surface area contributed by atoms with Crippen LogP contribution in [0.2, 0.25) is 0 Å². The number of aryl methyl sites for hydroxylation is 1. The van der Waals surface area contributed by atoms with E-state index in [4.69, 9.17) is 5.26 Å². The third kappa shape index (κ3) is 1.33. The molecule has 14 heavy (non-hydrogen) atoms. The van der Waals surface area contributed by atoms with Crippen LogP contribution in [0.5, 0.6) is 0 Å². The summed E-state index contributed by atoms with van der Waals surface area (Å²) in [6.45, 7) is 0. The van der Waals surface area contributed by atoms with Crippen molar-refractivity contribution >= 4 is 5.78 Å². The number of fused-ring (bicyclic) bond motifs is 1. The Labute approximate surface area is 82.5 Å². The monoisotopic (exact) mass is 183 g/mol. The molecule has 0 spiro atoms. The molecule has 0 fully saturated rings. The molecule has 0 amide bonds. The molecule has 2 heteroatoms. The van der Waals surface area contributed by atoms with E-state index < -0.39 is 0 Å². The van der Waals surface area contributed by atoms with E-state index >= 15 is 0 Å². The molecule has 0 N–H and O–H groups in total. The van der Waals surface area contributed by atoms with E-state index in [1.807, 2.05) is 30.3 Å². The number of nitrogens with zero attached hydrogens (tertiary/aromatic N) is 1. The molecule has 1 aliphatic carbocycles. The first-order chi connectivity index (χ1) is 6.83. The highest BCUT2D eigenvalue weighted by molar-refractivity contribution is 6.10. The highest BCUT2D eigenvalue weighted by Gasteiger charge is 2.20. The maximum atomic E-state index is 11.8. The minimum atomic E-state index is 0.00778. The topological polar surface area (TPSA) is 40.9 Å². The molecule has 2 rings (SSSR count). The van der Waals surface area contributed by atoms with Crippen molar-refractivity contribution in [3.05, 3.63) is 47.0 Å². The Morgan fingerprint density at radius 2 is 2.07 bits per heavy atom. The quantitative estimate of drug-likeness (QED) is 0.457. The summed E-state index contributed by atoms with van der Waals surface area (Å²) in [4.78, 5) is 11.8. The second-order valence-corrected chi connectivity index (χ2v) is 3.28. The summed E-state index contributed by atoms with van der Waals surface area (Å²) in [5.74, 6) is 0.00778. The van der Waals surface area contributed by atoms with Crippen molar-refractivity contribution in [3.8, 4) is 6.07 Å². The normalized spacial score (nSPS) is 17.6. The van der Waals surface area contributed by atoms with Gasteiger partial charge in [-0.25, -0.2) is 0 Å². The molecule has 0 bridgehead atoms. The minimum absolute atomic E-state index is 0.00778. The van der Waals surface area contributed by atoms with E-state index in [2.05, 4.69) is 0 Å². The summed E-state index contributed by atoms with van der Waals surface area (Å²) in [6, 6.07) is 9.49. The summed E-state index contributed by atoms with van der Waals surface area (Å²) in [5, 5.41) is 8.51. The van der Waals surface area contributed by atoms with Gasteiger partial charge in [-0.15, -0.1) is 0 Å². The van der Waals surface area contributed by atoms with Crippen LogP contribution >= 0.6 is 0 Å². The van der Waals surface area contributed by atoms with Crippen LogP contribution in [-0.4, -0.2) is 5.78 Å². The average molecular weight is 183 g/mol. The number of benzene rings is 1. The Bertz CT molecular complexity index is 452. The predicted molar refractivity (Wildman–Crippen MR) is 52.8 cm³/mol. The Morgan fingerprint density at radius 3 is 2.86 bits per heavy atom. The molecular weight excluding hydrogens is 174 g/mol. The van der Waals surface area contributed by atoms with Crippen molar-refractivity contribution < 1.29 is 4.79 Å². The summed E-state index contributed by atoms with van der Waals surface area (Å²) in [5.41, 5.74) is 2.47. The van der Waals surface area contributed by atoms with Gasteiger partial charge in [-0.1, -0.05) is 24.3 Å². The minimum Gasteiger partial charge on any atom is -0.289 e. The molecule has 0 saturated carbocycles. The molecule has 68 valence electrons. The highest BCUT2D eigenvalue weighted by Crippen LogP contribution is 2.24. The molecule has 0 aromatic heterocycles. The molecule has 1 aromatic carbocycles. The Hall–Kier alpha value is -1.88. The largest absolute Gasteiger partial charge is 0.289 e. The van der Waals surface area contributed by atoms with E-state index in [0.29, 0.717) is 12.0 Å². The number of carbonyl (C=O) groups excluding carboxylic acids is 1. The first-order valence-corrected chi connectivity index (χ1v) is 4.54. The fourth-order valence-electron chi connectivity index (χ4n) is 1.73. The summed E-state index contributed by atoms with van der Waals surface area (Å²) in [7, 11) is 0. The number of nitriles is 1. The van der Waals surface area contributed by atoms with Crippen LogP contribution in [0.25, 0.3) is 0 Å². The predicted octanol–water partition coefficient (Wildman–Crippen LogP) is 2.27. The third-order valence-electron chi connectivity index (χ3n) is 2.46. The Kier molecular flexibility index (Phi) is 2.16. The molecule has 1 aliphatic rings. The van der Waals surface area contributed by atoms with E-state index in [1.165, 1.54) is 6.08 Å². The van der Waals surface area contributed by atoms with Gasteiger partial charge in [0.05, 0.1) is 6.07 Å². The van der Waals surface area contributed by atoms with E-state index in [9.17, 15) is 4.79 Å². The summed E-state index contributed by atoms with van der Waals surface area (Å²) < 4.78 is 0. The van der Waals surface area contributed by atoms with Crippen LogP contribution in [0.1, 0.15) is 22.3 Å². The van der Waals surface area contributed by atoms with Crippen LogP contribution in [0.4, 0.5) is 0 Å². The maximum absolute atomic E-state index is 11.8. The van der Waals surface area contributed by atoms with Gasteiger partial charge < -0.3 is 0 Å². The number of hydrogen-bond acceptors (Lipinski definition) is 2. The fraction of sp³-hybridized carbons (Fsp3) is 0.167. The van der Waals surface area contributed by atoms with Crippen LogP contribution in [0, 0.1) is 11.3 Å². The van der Waals surface area contributed by atoms with Crippen molar-refractivity contribution in [2.24, 2.45) is 0 Å². The van der Waals surface area contributed by atoms with Crippen LogP contribution in [-0.2, 0) is 6.42 Å². The van der Waals surface area contributed by atoms with Gasteiger partial charge in [0, 0.05) is 17.2 Å². The average Bonchev–Trinajstić information content (AvgIpc) is 2.23. The molecule has 0 atom stereocenters. The molecule has 0 aliphatic heterocycles. The van der Waals surface area contributed by atoms with Crippen LogP contribution in [0.15, 0.2) is 35.9 Å². The standard InChI is InChI=1S/C12H9NO/c13-8-7-10-6-5-9-3-1-2-4-11(9)12(10)14/h1-4,7H,5-6H2/b10-7+. The lowest BCUT2D eigenvalue weighted by molar-refractivity contribution is 0.102. The van der Waals surface area contributed by atoms with Crippen molar-refractivity contribution in [1.82, 2.24) is 0 Å². The lowest BCUT2D eigenvalue weighted by Gasteiger charge is -2.15. The maximum Gasteiger partial charge on any atom is 0.190 e. The summed E-state index contributed by atoms with van der Waals surface area (Å²) in [6.07, 6.45) is 2.90. The van der Waals surface area contributed by atoms with Crippen molar-refractivity contribution in [2.45, 2.75) is 12.8 Å². The molecular formula is C12H9NO. The van der Waals surface area contributed by atoms with Gasteiger partial charge >= 0.3 is 0 Å². The van der Waals surface area contributed by atoms with Crippen molar-refractivity contribution in [3.63, 3.8) is 0 Å². The number of ketones is 1. The molecule has 0 radical (unpaired) electrons. The Balaban J connectivity index is 2.48. The van der Waals surface area contributed by atoms with Gasteiger partial charge in [0.1, 0.15) is 0 Å². The number of hydrogen-bond donors (Lipinski definition) is 0. The molecule has 0 heterocycles. The van der Waals surface area contributed by atoms with Crippen molar-refractivity contribution in [1.29, 1.82) is 5.26 Å². The smallest absolute Gasteiger partial charge is 0.190 e. The van der Waals surface area contributed by atoms with Crippen LogP contribution in [0.3, 0.4) is 0 Å². The fourth-order valence-corrected chi connectivity index (χ4v) is 1.73. The molecule has 1 aromatic rings. The first kappa shape index (κ1) is 8.71. The SMILES string of the molecule is N#C/C=C1\CCc2ccccc2C1=O. The molecule has 0 unspecified atom stereocenters. The highest BCUT2D eigenvalue weighted by atomic mass is 16.1. The Morgan fingerprint density at radius 1 is 1.29 bits per heavy atom. The second kappa shape index (κ2) is 3.47. The molecule has 0 saturated heterocycles. The van der Waals surface area contributed by atoms with Gasteiger partial charge in [-0.2, -0.15) is 5.26 Å². The second-order valence-electron chi connectivity index (χ2n) is 3.28. The van der Waals surface area contributed by atoms with Crippen molar-refractivity contribution in [2.75, 3.05) is 0 Å². The third-order valence-corrected chi connectivity index (χ3v) is 2.46. The van der Waals surface area contributed by atoms with E-state index in [0.717, 1.165) is 17.5 Å². The van der Waals surface area contributed by atoms with Gasteiger partial charge in [0.15, 0.2) is 5.78 Å². The summed E-state index contributed by atoms with van der Waals surface area (Å²) >= 11 is 0. The van der Waals surface area contributed by atoms with Gasteiger partial charge in [-0.3, -0.25) is 4.79 Å². The number of allylic oxidation sites excluding steroid dienone is 2. The van der Waals surface area contributed by atoms with E-state index in [-0.39, 0.29) is 5.78 Å². The number of carbonyl (C=O) groups is 1.